The van der Waals surface area contributed by atoms with Gasteiger partial charge in [-0.2, -0.15) is 0 Å². The van der Waals surface area contributed by atoms with Crippen LogP contribution in [0.5, 0.6) is 0 Å². The van der Waals surface area contributed by atoms with Crippen molar-refractivity contribution in [2.75, 3.05) is 5.75 Å². The Morgan fingerprint density at radius 3 is 1.82 bits per heavy atom. The molecular formula is C7H16O2SSi. The van der Waals surface area contributed by atoms with Crippen LogP contribution in [0.25, 0.3) is 0 Å². The summed E-state index contributed by atoms with van der Waals surface area (Å²) in [4.78, 5) is 0. The molecule has 0 fully saturated rings. The van der Waals surface area contributed by atoms with Gasteiger partial charge in [0.2, 0.25) is 0 Å². The van der Waals surface area contributed by atoms with Gasteiger partial charge in [-0.15, -0.1) is 0 Å². The van der Waals surface area contributed by atoms with E-state index in [-0.39, 0.29) is 5.75 Å². The Bertz CT molecular complexity index is 246. The number of hydrogen-bond acceptors (Lipinski definition) is 2. The van der Waals surface area contributed by atoms with E-state index in [1.54, 1.807) is 6.92 Å². The molecule has 0 aliphatic rings. The lowest BCUT2D eigenvalue weighted by molar-refractivity contribution is 0.609. The van der Waals surface area contributed by atoms with Crippen LogP contribution in [0, 0.1) is 0 Å². The van der Waals surface area contributed by atoms with Crippen LogP contribution in [0.15, 0.2) is 12.2 Å². The van der Waals surface area contributed by atoms with Crippen molar-refractivity contribution in [2.45, 2.75) is 26.6 Å². The molecule has 0 aliphatic carbocycles. The zero-order chi connectivity index (χ0) is 9.28. The largest absolute Gasteiger partial charge is 0.236 e. The average Bonchev–Trinajstić information content (AvgIpc) is 1.56. The summed E-state index contributed by atoms with van der Waals surface area (Å²) in [6, 6.07) is 0. The van der Waals surface area contributed by atoms with Crippen molar-refractivity contribution in [3.8, 4) is 0 Å². The summed E-state index contributed by atoms with van der Waals surface area (Å²) in [6.45, 7) is 10.9. The Balaban J connectivity index is 4.64. The van der Waals surface area contributed by atoms with Crippen LogP contribution in [-0.4, -0.2) is 21.4 Å². The highest BCUT2D eigenvalue weighted by atomic mass is 32.4. The van der Waals surface area contributed by atoms with Crippen molar-refractivity contribution < 1.29 is 8.42 Å². The molecule has 0 spiro atoms. The monoisotopic (exact) mass is 192 g/mol. The van der Waals surface area contributed by atoms with E-state index in [0.717, 1.165) is 5.57 Å². The van der Waals surface area contributed by atoms with Gasteiger partial charge >= 0.3 is 0 Å². The van der Waals surface area contributed by atoms with Gasteiger partial charge in [-0.05, 0) is 6.92 Å². The summed E-state index contributed by atoms with van der Waals surface area (Å²) in [5.41, 5.74) is 0.729. The third kappa shape index (κ3) is 3.20. The van der Waals surface area contributed by atoms with Gasteiger partial charge in [0.05, 0.1) is 5.75 Å². The normalized spacial score (nSPS) is 13.1. The van der Waals surface area contributed by atoms with Crippen molar-refractivity contribution in [3.63, 3.8) is 0 Å². The molecule has 0 bridgehead atoms. The zero-order valence-electron chi connectivity index (χ0n) is 7.64. The van der Waals surface area contributed by atoms with E-state index in [1.165, 1.54) is 0 Å². The van der Waals surface area contributed by atoms with Crippen molar-refractivity contribution in [1.82, 2.24) is 0 Å². The second kappa shape index (κ2) is 3.11. The molecule has 66 valence electrons. The van der Waals surface area contributed by atoms with Crippen LogP contribution in [0.2, 0.25) is 19.6 Å². The Kier molecular flexibility index (Phi) is 3.08. The highest BCUT2D eigenvalue weighted by molar-refractivity contribution is 8.21. The molecule has 0 saturated carbocycles. The molecule has 0 N–H and O–H groups in total. The minimum absolute atomic E-state index is 0.155. The highest BCUT2D eigenvalue weighted by Gasteiger charge is 2.31. The lowest BCUT2D eigenvalue weighted by atomic mass is 10.4. The molecule has 0 radical (unpaired) electrons. The maximum Gasteiger partial charge on any atom is 0.187 e. The molecule has 0 aromatic heterocycles. The van der Waals surface area contributed by atoms with E-state index < -0.39 is 16.5 Å². The highest BCUT2D eigenvalue weighted by Crippen LogP contribution is 2.13. The quantitative estimate of drug-likeness (QED) is 0.505. The van der Waals surface area contributed by atoms with Crippen LogP contribution in [0.3, 0.4) is 0 Å². The van der Waals surface area contributed by atoms with E-state index in [2.05, 4.69) is 6.58 Å². The lowest BCUT2D eigenvalue weighted by Crippen LogP contribution is -2.35. The van der Waals surface area contributed by atoms with Gasteiger partial charge in [0, 0.05) is 0 Å². The van der Waals surface area contributed by atoms with Gasteiger partial charge < -0.3 is 0 Å². The molecule has 0 rings (SSSR count). The molecule has 0 aliphatic heterocycles. The fourth-order valence-corrected chi connectivity index (χ4v) is 3.66. The van der Waals surface area contributed by atoms with Gasteiger partial charge in [-0.25, -0.2) is 8.42 Å². The van der Waals surface area contributed by atoms with Crippen LogP contribution in [0.1, 0.15) is 6.92 Å². The molecule has 0 amide bonds. The minimum Gasteiger partial charge on any atom is -0.236 e. The molecule has 0 aromatic carbocycles. The van der Waals surface area contributed by atoms with Crippen molar-refractivity contribution >= 4 is 16.5 Å². The maximum atomic E-state index is 11.5. The molecular weight excluding hydrogens is 176 g/mol. The van der Waals surface area contributed by atoms with Gasteiger partial charge in [0.15, 0.2) is 7.22 Å². The SMILES string of the molecule is C=C(C)CS(=O)(=O)[Si](C)(C)C. The first-order valence-electron chi connectivity index (χ1n) is 3.53. The average molecular weight is 192 g/mol. The standard InChI is InChI=1S/C7H16O2SSi/c1-7(2)6-10(8,9)11(3,4)5/h1,6H2,2-5H3. The number of rotatable bonds is 3. The fraction of sp³-hybridized carbons (Fsp3) is 0.714. The molecule has 0 unspecified atom stereocenters. The van der Waals surface area contributed by atoms with Crippen LogP contribution >= 0.6 is 0 Å². The summed E-state index contributed by atoms with van der Waals surface area (Å²) in [6.07, 6.45) is 0. The van der Waals surface area contributed by atoms with Crippen molar-refractivity contribution in [3.05, 3.63) is 12.2 Å². The molecule has 11 heavy (non-hydrogen) atoms. The summed E-state index contributed by atoms with van der Waals surface area (Å²) in [5, 5.41) is 0. The molecule has 4 heteroatoms. The van der Waals surface area contributed by atoms with Crippen LogP contribution in [-0.2, 0) is 9.29 Å². The second-order valence-electron chi connectivity index (χ2n) is 3.83. The van der Waals surface area contributed by atoms with E-state index in [1.807, 2.05) is 19.6 Å². The molecule has 2 nitrogen and oxygen atoms in total. The minimum atomic E-state index is -2.86. The number of hydrogen-bond donors (Lipinski definition) is 0. The Morgan fingerprint density at radius 2 is 1.73 bits per heavy atom. The Hall–Kier alpha value is -0.0931. The van der Waals surface area contributed by atoms with Gasteiger partial charge in [0.25, 0.3) is 0 Å². The first-order chi connectivity index (χ1) is 4.67. The zero-order valence-corrected chi connectivity index (χ0v) is 9.46. The van der Waals surface area contributed by atoms with Crippen molar-refractivity contribution in [2.24, 2.45) is 0 Å². The van der Waals surface area contributed by atoms with E-state index >= 15 is 0 Å². The molecule has 0 atom stereocenters. The van der Waals surface area contributed by atoms with E-state index in [4.69, 9.17) is 0 Å². The summed E-state index contributed by atoms with van der Waals surface area (Å²) < 4.78 is 22.9. The third-order valence-electron chi connectivity index (χ3n) is 1.37. The van der Waals surface area contributed by atoms with Gasteiger partial charge in [-0.1, -0.05) is 31.8 Å². The summed E-state index contributed by atoms with van der Waals surface area (Å²) in [5.74, 6) is 0.155. The predicted octanol–water partition coefficient (Wildman–Crippen LogP) is 1.81. The van der Waals surface area contributed by atoms with E-state index in [0.29, 0.717) is 0 Å². The topological polar surface area (TPSA) is 34.1 Å². The third-order valence-corrected chi connectivity index (χ3v) is 10.1. The summed E-state index contributed by atoms with van der Waals surface area (Å²) in [7, 11) is -4.89. The lowest BCUT2D eigenvalue weighted by Gasteiger charge is -2.16. The van der Waals surface area contributed by atoms with Crippen LogP contribution < -0.4 is 0 Å². The van der Waals surface area contributed by atoms with Crippen molar-refractivity contribution in [1.29, 1.82) is 0 Å². The van der Waals surface area contributed by atoms with Gasteiger partial charge in [0.1, 0.15) is 9.29 Å². The molecule has 0 heterocycles. The maximum absolute atomic E-state index is 11.5. The Morgan fingerprint density at radius 1 is 1.36 bits per heavy atom. The van der Waals surface area contributed by atoms with E-state index in [9.17, 15) is 8.42 Å². The summed E-state index contributed by atoms with van der Waals surface area (Å²) >= 11 is 0. The predicted molar refractivity (Wildman–Crippen MR) is 51.9 cm³/mol. The fourth-order valence-electron chi connectivity index (χ4n) is 0.541. The smallest absolute Gasteiger partial charge is 0.187 e. The van der Waals surface area contributed by atoms with Gasteiger partial charge in [-0.3, -0.25) is 0 Å². The first-order valence-corrected chi connectivity index (χ1v) is 9.41. The second-order valence-corrected chi connectivity index (χ2v) is 15.1. The first kappa shape index (κ1) is 10.9. The molecule has 0 saturated heterocycles. The molecule has 0 aromatic rings. The van der Waals surface area contributed by atoms with Crippen LogP contribution in [0.4, 0.5) is 0 Å². The Labute approximate surface area is 69.9 Å².